The Morgan fingerprint density at radius 3 is 2.47 bits per heavy atom. The van der Waals surface area contributed by atoms with Crippen LogP contribution in [0.3, 0.4) is 0 Å². The van der Waals surface area contributed by atoms with E-state index >= 15 is 0 Å². The predicted octanol–water partition coefficient (Wildman–Crippen LogP) is 2.27. The lowest BCUT2D eigenvalue weighted by Gasteiger charge is -2.25. The van der Waals surface area contributed by atoms with Crippen LogP contribution in [0.15, 0.2) is 16.9 Å². The second-order valence-electron chi connectivity index (χ2n) is 3.97. The Balaban J connectivity index is 1.79. The largest absolute Gasteiger partial charge is 0.303 e. The molecule has 82 valence electrons. The maximum Gasteiger partial charge on any atom is 0.129 e. The van der Waals surface area contributed by atoms with Crippen LogP contribution in [-0.2, 0) is 6.42 Å². The zero-order valence-corrected chi connectivity index (χ0v) is 10.4. The summed E-state index contributed by atoms with van der Waals surface area (Å²) >= 11 is 3.34. The molecule has 1 fully saturated rings. The van der Waals surface area contributed by atoms with Crippen molar-refractivity contribution in [1.82, 2.24) is 14.9 Å². The normalized spacial score (nSPS) is 17.9. The monoisotopic (exact) mass is 269 g/mol. The molecule has 1 aliphatic heterocycles. The lowest BCUT2D eigenvalue weighted by Crippen LogP contribution is -2.31. The van der Waals surface area contributed by atoms with E-state index < -0.39 is 0 Å². The second kappa shape index (κ2) is 5.56. The van der Waals surface area contributed by atoms with Gasteiger partial charge in [-0.3, -0.25) is 0 Å². The summed E-state index contributed by atoms with van der Waals surface area (Å²) in [6, 6.07) is 0. The summed E-state index contributed by atoms with van der Waals surface area (Å²) in [5.41, 5.74) is 0. The van der Waals surface area contributed by atoms with Gasteiger partial charge in [-0.05, 0) is 41.9 Å². The molecule has 0 radical (unpaired) electrons. The summed E-state index contributed by atoms with van der Waals surface area (Å²) < 4.78 is 0.948. The summed E-state index contributed by atoms with van der Waals surface area (Å²) in [5.74, 6) is 0.948. The van der Waals surface area contributed by atoms with E-state index in [1.165, 1.54) is 32.4 Å². The zero-order valence-electron chi connectivity index (χ0n) is 8.82. The Kier molecular flexibility index (Phi) is 4.09. The topological polar surface area (TPSA) is 29.0 Å². The Labute approximate surface area is 99.0 Å². The molecule has 2 rings (SSSR count). The van der Waals surface area contributed by atoms with Crippen molar-refractivity contribution in [3.63, 3.8) is 0 Å². The van der Waals surface area contributed by atoms with E-state index in [0.717, 1.165) is 23.3 Å². The second-order valence-corrected chi connectivity index (χ2v) is 4.89. The summed E-state index contributed by atoms with van der Waals surface area (Å²) in [7, 11) is 0. The van der Waals surface area contributed by atoms with Crippen LogP contribution in [-0.4, -0.2) is 34.5 Å². The molecular weight excluding hydrogens is 254 g/mol. The highest BCUT2D eigenvalue weighted by atomic mass is 79.9. The summed E-state index contributed by atoms with van der Waals surface area (Å²) in [5, 5.41) is 0. The summed E-state index contributed by atoms with van der Waals surface area (Å²) in [6.07, 6.45) is 8.69. The molecule has 15 heavy (non-hydrogen) atoms. The number of hydrogen-bond acceptors (Lipinski definition) is 3. The van der Waals surface area contributed by atoms with Gasteiger partial charge in [0, 0.05) is 25.4 Å². The molecule has 1 saturated heterocycles. The van der Waals surface area contributed by atoms with Gasteiger partial charge in [0.1, 0.15) is 5.82 Å². The van der Waals surface area contributed by atoms with Gasteiger partial charge < -0.3 is 4.90 Å². The third-order valence-electron chi connectivity index (χ3n) is 2.77. The van der Waals surface area contributed by atoms with Gasteiger partial charge in [-0.15, -0.1) is 0 Å². The molecule has 3 nitrogen and oxygen atoms in total. The quantitative estimate of drug-likeness (QED) is 0.843. The van der Waals surface area contributed by atoms with Crippen LogP contribution in [0, 0.1) is 0 Å². The molecule has 0 amide bonds. The average Bonchev–Trinajstić information content (AvgIpc) is 2.30. The number of hydrogen-bond donors (Lipinski definition) is 0. The fourth-order valence-corrected chi connectivity index (χ4v) is 2.11. The third-order valence-corrected chi connectivity index (χ3v) is 3.18. The number of piperidine rings is 1. The van der Waals surface area contributed by atoms with Gasteiger partial charge in [0.15, 0.2) is 0 Å². The molecule has 0 saturated carbocycles. The zero-order chi connectivity index (χ0) is 10.5. The van der Waals surface area contributed by atoms with Gasteiger partial charge in [0.05, 0.1) is 4.47 Å². The standard InChI is InChI=1S/C11H16BrN3/c12-10-8-13-11(14-9-10)4-7-15-5-2-1-3-6-15/h8-9H,1-7H2. The van der Waals surface area contributed by atoms with Crippen LogP contribution < -0.4 is 0 Å². The Morgan fingerprint density at radius 2 is 1.80 bits per heavy atom. The van der Waals surface area contributed by atoms with Crippen molar-refractivity contribution in [2.45, 2.75) is 25.7 Å². The minimum Gasteiger partial charge on any atom is -0.303 e. The van der Waals surface area contributed by atoms with Crippen molar-refractivity contribution in [3.05, 3.63) is 22.7 Å². The average molecular weight is 270 g/mol. The van der Waals surface area contributed by atoms with Crippen molar-refractivity contribution in [2.75, 3.05) is 19.6 Å². The predicted molar refractivity (Wildman–Crippen MR) is 63.7 cm³/mol. The van der Waals surface area contributed by atoms with Gasteiger partial charge in [0.25, 0.3) is 0 Å². The van der Waals surface area contributed by atoms with E-state index in [9.17, 15) is 0 Å². The first-order valence-corrected chi connectivity index (χ1v) is 6.33. The highest BCUT2D eigenvalue weighted by molar-refractivity contribution is 9.10. The van der Waals surface area contributed by atoms with Crippen molar-refractivity contribution >= 4 is 15.9 Å². The summed E-state index contributed by atoms with van der Waals surface area (Å²) in [4.78, 5) is 11.1. The fourth-order valence-electron chi connectivity index (χ4n) is 1.91. The molecule has 0 atom stereocenters. The van der Waals surface area contributed by atoms with Crippen LogP contribution >= 0.6 is 15.9 Å². The molecule has 0 spiro atoms. The van der Waals surface area contributed by atoms with E-state index in [1.807, 2.05) is 12.4 Å². The smallest absolute Gasteiger partial charge is 0.129 e. The van der Waals surface area contributed by atoms with Crippen molar-refractivity contribution in [1.29, 1.82) is 0 Å². The Bertz CT molecular complexity index is 293. The first-order chi connectivity index (χ1) is 7.34. The number of likely N-dealkylation sites (tertiary alicyclic amines) is 1. The molecule has 0 unspecified atom stereocenters. The fraction of sp³-hybridized carbons (Fsp3) is 0.636. The van der Waals surface area contributed by atoms with Gasteiger partial charge in [0.2, 0.25) is 0 Å². The molecule has 2 heterocycles. The van der Waals surface area contributed by atoms with E-state index in [0.29, 0.717) is 0 Å². The van der Waals surface area contributed by atoms with Crippen LogP contribution in [0.25, 0.3) is 0 Å². The van der Waals surface area contributed by atoms with Gasteiger partial charge in [-0.25, -0.2) is 9.97 Å². The minimum absolute atomic E-state index is 0.948. The molecule has 0 aromatic carbocycles. The summed E-state index contributed by atoms with van der Waals surface area (Å²) in [6.45, 7) is 3.59. The van der Waals surface area contributed by atoms with Crippen LogP contribution in [0.4, 0.5) is 0 Å². The first kappa shape index (κ1) is 11.0. The number of aromatic nitrogens is 2. The molecule has 1 aromatic rings. The Morgan fingerprint density at radius 1 is 1.13 bits per heavy atom. The Hall–Kier alpha value is -0.480. The molecule has 0 bridgehead atoms. The highest BCUT2D eigenvalue weighted by Crippen LogP contribution is 2.09. The number of halogens is 1. The van der Waals surface area contributed by atoms with Gasteiger partial charge in [-0.2, -0.15) is 0 Å². The number of rotatable bonds is 3. The molecule has 0 N–H and O–H groups in total. The third kappa shape index (κ3) is 3.54. The molecule has 1 aliphatic rings. The van der Waals surface area contributed by atoms with E-state index in [4.69, 9.17) is 0 Å². The van der Waals surface area contributed by atoms with Gasteiger partial charge in [-0.1, -0.05) is 6.42 Å². The van der Waals surface area contributed by atoms with E-state index in [-0.39, 0.29) is 0 Å². The lowest BCUT2D eigenvalue weighted by molar-refractivity contribution is 0.230. The van der Waals surface area contributed by atoms with Crippen LogP contribution in [0.1, 0.15) is 25.1 Å². The molecular formula is C11H16BrN3. The SMILES string of the molecule is Brc1cnc(CCN2CCCCC2)nc1. The number of nitrogens with zero attached hydrogens (tertiary/aromatic N) is 3. The maximum absolute atomic E-state index is 4.28. The van der Waals surface area contributed by atoms with Crippen molar-refractivity contribution < 1.29 is 0 Å². The molecule has 1 aromatic heterocycles. The van der Waals surface area contributed by atoms with Crippen molar-refractivity contribution in [2.24, 2.45) is 0 Å². The minimum atomic E-state index is 0.948. The van der Waals surface area contributed by atoms with Gasteiger partial charge >= 0.3 is 0 Å². The molecule has 0 aliphatic carbocycles. The maximum atomic E-state index is 4.28. The van der Waals surface area contributed by atoms with E-state index in [1.54, 1.807) is 0 Å². The van der Waals surface area contributed by atoms with Crippen LogP contribution in [0.2, 0.25) is 0 Å². The first-order valence-electron chi connectivity index (χ1n) is 5.53. The van der Waals surface area contributed by atoms with E-state index in [2.05, 4.69) is 30.8 Å². The molecule has 4 heteroatoms. The lowest BCUT2D eigenvalue weighted by atomic mass is 10.1. The van der Waals surface area contributed by atoms with Crippen LogP contribution in [0.5, 0.6) is 0 Å². The highest BCUT2D eigenvalue weighted by Gasteiger charge is 2.09. The van der Waals surface area contributed by atoms with Crippen molar-refractivity contribution in [3.8, 4) is 0 Å².